The number of methoxy groups -OCH3 is 1. The van der Waals surface area contributed by atoms with Crippen molar-refractivity contribution in [3.63, 3.8) is 0 Å². The highest BCUT2D eigenvalue weighted by Crippen LogP contribution is 2.16. The summed E-state index contributed by atoms with van der Waals surface area (Å²) < 4.78 is 4.66. The van der Waals surface area contributed by atoms with Crippen molar-refractivity contribution in [2.24, 2.45) is 5.92 Å². The molecule has 1 rings (SSSR count). The van der Waals surface area contributed by atoms with Crippen LogP contribution in [0.4, 0.5) is 5.82 Å². The number of hydrogen-bond acceptors (Lipinski definition) is 5. The van der Waals surface area contributed by atoms with Crippen molar-refractivity contribution >= 4 is 23.4 Å². The minimum Gasteiger partial charge on any atom is -0.467 e. The van der Waals surface area contributed by atoms with Gasteiger partial charge in [0, 0.05) is 0 Å². The molecule has 0 aliphatic carbocycles. The van der Waals surface area contributed by atoms with E-state index >= 15 is 0 Å². The molecular formula is C10H14ClN3O3. The van der Waals surface area contributed by atoms with Gasteiger partial charge in [-0.3, -0.25) is 4.79 Å². The SMILES string of the molecule is COC(=O)C(Nc1nc[nH]c(=O)c1Cl)C(C)C. The Morgan fingerprint density at radius 3 is 2.76 bits per heavy atom. The summed E-state index contributed by atoms with van der Waals surface area (Å²) in [5.41, 5.74) is -0.462. The number of esters is 1. The van der Waals surface area contributed by atoms with Gasteiger partial charge in [-0.05, 0) is 5.92 Å². The van der Waals surface area contributed by atoms with E-state index in [0.717, 1.165) is 0 Å². The fraction of sp³-hybridized carbons (Fsp3) is 0.500. The molecular weight excluding hydrogens is 246 g/mol. The zero-order chi connectivity index (χ0) is 13.0. The molecule has 1 atom stereocenters. The fourth-order valence-electron chi connectivity index (χ4n) is 1.26. The Labute approximate surface area is 103 Å². The number of rotatable bonds is 4. The number of halogens is 1. The second kappa shape index (κ2) is 5.67. The summed E-state index contributed by atoms with van der Waals surface area (Å²) in [7, 11) is 1.30. The highest BCUT2D eigenvalue weighted by atomic mass is 35.5. The number of aromatic amines is 1. The predicted octanol–water partition coefficient (Wildman–Crippen LogP) is 1.03. The molecule has 0 fully saturated rings. The lowest BCUT2D eigenvalue weighted by molar-refractivity contribution is -0.142. The molecule has 0 amide bonds. The minimum absolute atomic E-state index is 0.0281. The molecule has 1 heterocycles. The lowest BCUT2D eigenvalue weighted by atomic mass is 10.0. The minimum atomic E-state index is -0.605. The van der Waals surface area contributed by atoms with Crippen molar-refractivity contribution in [1.29, 1.82) is 0 Å². The van der Waals surface area contributed by atoms with E-state index in [1.807, 2.05) is 13.8 Å². The molecule has 0 radical (unpaired) electrons. The van der Waals surface area contributed by atoms with Crippen LogP contribution in [0.5, 0.6) is 0 Å². The number of aromatic nitrogens is 2. The van der Waals surface area contributed by atoms with Crippen molar-refractivity contribution in [2.75, 3.05) is 12.4 Å². The van der Waals surface area contributed by atoms with Crippen LogP contribution in [0.1, 0.15) is 13.8 Å². The molecule has 7 heteroatoms. The third kappa shape index (κ3) is 3.20. The Balaban J connectivity index is 2.98. The first-order valence-electron chi connectivity index (χ1n) is 5.05. The lowest BCUT2D eigenvalue weighted by Gasteiger charge is -2.20. The lowest BCUT2D eigenvalue weighted by Crippen LogP contribution is -2.36. The molecule has 2 N–H and O–H groups in total. The standard InChI is InChI=1S/C10H14ClN3O3/c1-5(2)7(10(16)17-3)14-8-6(11)9(15)13-4-12-8/h4-5,7H,1-3H3,(H2,12,13,14,15). The van der Waals surface area contributed by atoms with E-state index in [0.29, 0.717) is 0 Å². The van der Waals surface area contributed by atoms with E-state index in [1.54, 1.807) is 0 Å². The highest BCUT2D eigenvalue weighted by molar-refractivity contribution is 6.32. The van der Waals surface area contributed by atoms with Gasteiger partial charge in [-0.15, -0.1) is 0 Å². The van der Waals surface area contributed by atoms with E-state index in [4.69, 9.17) is 11.6 Å². The zero-order valence-electron chi connectivity index (χ0n) is 9.78. The summed E-state index contributed by atoms with van der Waals surface area (Å²) in [6, 6.07) is -0.605. The largest absolute Gasteiger partial charge is 0.467 e. The molecule has 0 bridgehead atoms. The van der Waals surface area contributed by atoms with E-state index in [9.17, 15) is 9.59 Å². The second-order valence-corrected chi connectivity index (χ2v) is 4.16. The number of carbonyl (C=O) groups excluding carboxylic acids is 1. The summed E-state index contributed by atoms with van der Waals surface area (Å²) in [5.74, 6) is -0.294. The number of carbonyl (C=O) groups is 1. The van der Waals surface area contributed by atoms with Gasteiger partial charge >= 0.3 is 5.97 Å². The summed E-state index contributed by atoms with van der Waals surface area (Å²) in [6.07, 6.45) is 1.21. The monoisotopic (exact) mass is 259 g/mol. The first-order chi connectivity index (χ1) is 7.97. The molecule has 1 aromatic rings. The Hall–Kier alpha value is -1.56. The average Bonchev–Trinajstić information content (AvgIpc) is 2.29. The first kappa shape index (κ1) is 13.5. The molecule has 0 spiro atoms. The Bertz CT molecular complexity index is 458. The van der Waals surface area contributed by atoms with Gasteiger partial charge in [-0.2, -0.15) is 0 Å². The van der Waals surface area contributed by atoms with Crippen molar-refractivity contribution < 1.29 is 9.53 Å². The summed E-state index contributed by atoms with van der Waals surface area (Å²) in [5, 5.41) is 2.72. The predicted molar refractivity (Wildman–Crippen MR) is 64.1 cm³/mol. The van der Waals surface area contributed by atoms with Crippen LogP contribution >= 0.6 is 11.6 Å². The maximum atomic E-state index is 11.5. The number of anilines is 1. The van der Waals surface area contributed by atoms with Gasteiger partial charge in [-0.25, -0.2) is 9.78 Å². The zero-order valence-corrected chi connectivity index (χ0v) is 10.5. The van der Waals surface area contributed by atoms with Gasteiger partial charge in [-0.1, -0.05) is 25.4 Å². The Morgan fingerprint density at radius 2 is 2.24 bits per heavy atom. The number of ether oxygens (including phenoxy) is 1. The molecule has 0 aliphatic rings. The summed E-state index contributed by atoms with van der Waals surface area (Å²) >= 11 is 5.77. The van der Waals surface area contributed by atoms with Crippen LogP contribution in [-0.2, 0) is 9.53 Å². The fourth-order valence-corrected chi connectivity index (χ4v) is 1.41. The number of nitrogens with one attached hydrogen (secondary N) is 2. The van der Waals surface area contributed by atoms with Crippen molar-refractivity contribution in [2.45, 2.75) is 19.9 Å². The van der Waals surface area contributed by atoms with Crippen LogP contribution in [0.15, 0.2) is 11.1 Å². The summed E-state index contributed by atoms with van der Waals surface area (Å²) in [4.78, 5) is 29.0. The molecule has 0 aliphatic heterocycles. The second-order valence-electron chi connectivity index (χ2n) is 3.78. The maximum Gasteiger partial charge on any atom is 0.328 e. The Morgan fingerprint density at radius 1 is 1.59 bits per heavy atom. The van der Waals surface area contributed by atoms with Crippen molar-refractivity contribution in [1.82, 2.24) is 9.97 Å². The maximum absolute atomic E-state index is 11.5. The van der Waals surface area contributed by atoms with Crippen molar-refractivity contribution in [3.8, 4) is 0 Å². The van der Waals surface area contributed by atoms with E-state index in [-0.39, 0.29) is 16.8 Å². The van der Waals surface area contributed by atoms with Gasteiger partial charge in [0.1, 0.15) is 11.1 Å². The Kier molecular flexibility index (Phi) is 4.51. The molecule has 0 saturated heterocycles. The van der Waals surface area contributed by atoms with Gasteiger partial charge in [0.2, 0.25) is 0 Å². The first-order valence-corrected chi connectivity index (χ1v) is 5.42. The number of H-pyrrole nitrogens is 1. The van der Waals surface area contributed by atoms with E-state index in [2.05, 4.69) is 20.0 Å². The van der Waals surface area contributed by atoms with Crippen LogP contribution in [-0.4, -0.2) is 29.1 Å². The van der Waals surface area contributed by atoms with Crippen LogP contribution in [0, 0.1) is 5.92 Å². The quantitative estimate of drug-likeness (QED) is 0.789. The highest BCUT2D eigenvalue weighted by Gasteiger charge is 2.24. The molecule has 17 heavy (non-hydrogen) atoms. The molecule has 1 aromatic heterocycles. The van der Waals surface area contributed by atoms with Crippen LogP contribution in [0.3, 0.4) is 0 Å². The molecule has 0 saturated carbocycles. The van der Waals surface area contributed by atoms with Gasteiger partial charge in [0.25, 0.3) is 5.56 Å². The molecule has 1 unspecified atom stereocenters. The van der Waals surface area contributed by atoms with Crippen molar-refractivity contribution in [3.05, 3.63) is 21.7 Å². The molecule has 0 aromatic carbocycles. The van der Waals surface area contributed by atoms with Gasteiger partial charge in [0.05, 0.1) is 13.4 Å². The van der Waals surface area contributed by atoms with E-state index in [1.165, 1.54) is 13.4 Å². The topological polar surface area (TPSA) is 84.1 Å². The molecule has 94 valence electrons. The van der Waals surface area contributed by atoms with Crippen LogP contribution in [0.2, 0.25) is 5.02 Å². The number of nitrogens with zero attached hydrogens (tertiary/aromatic N) is 1. The van der Waals surface area contributed by atoms with E-state index < -0.39 is 17.6 Å². The van der Waals surface area contributed by atoms with Crippen LogP contribution in [0.25, 0.3) is 0 Å². The smallest absolute Gasteiger partial charge is 0.328 e. The normalized spacial score (nSPS) is 12.3. The third-order valence-corrected chi connectivity index (χ3v) is 2.56. The number of hydrogen-bond donors (Lipinski definition) is 2. The third-order valence-electron chi connectivity index (χ3n) is 2.21. The average molecular weight is 260 g/mol. The van der Waals surface area contributed by atoms with Gasteiger partial charge in [0.15, 0.2) is 5.82 Å². The van der Waals surface area contributed by atoms with Crippen LogP contribution < -0.4 is 10.9 Å². The molecule has 6 nitrogen and oxygen atoms in total. The summed E-state index contributed by atoms with van der Waals surface area (Å²) in [6.45, 7) is 3.69. The van der Waals surface area contributed by atoms with Gasteiger partial charge < -0.3 is 15.0 Å².